The lowest BCUT2D eigenvalue weighted by Gasteiger charge is -2.18. The minimum Gasteiger partial charge on any atom is -0.468 e. The van der Waals surface area contributed by atoms with E-state index in [9.17, 15) is 14.0 Å². The molecule has 0 N–H and O–H groups in total. The number of rotatable bonds is 5. The first kappa shape index (κ1) is 19.5. The number of benzene rings is 2. The van der Waals surface area contributed by atoms with Gasteiger partial charge in [-0.25, -0.2) is 9.29 Å². The Morgan fingerprint density at radius 3 is 2.52 bits per heavy atom. The summed E-state index contributed by atoms with van der Waals surface area (Å²) in [6.07, 6.45) is 1.55. The van der Waals surface area contributed by atoms with Crippen molar-refractivity contribution in [2.24, 2.45) is 0 Å². The van der Waals surface area contributed by atoms with E-state index in [2.05, 4.69) is 0 Å². The summed E-state index contributed by atoms with van der Waals surface area (Å²) in [7, 11) is 0. The van der Waals surface area contributed by atoms with Gasteiger partial charge in [0.25, 0.3) is 11.8 Å². The summed E-state index contributed by atoms with van der Waals surface area (Å²) < 4.78 is 18.7. The van der Waals surface area contributed by atoms with Crippen LogP contribution < -0.4 is 4.90 Å². The molecule has 0 atom stereocenters. The normalized spacial score (nSPS) is 14.2. The smallest absolute Gasteiger partial charge is 0.272 e. The molecule has 7 heteroatoms. The van der Waals surface area contributed by atoms with E-state index in [0.29, 0.717) is 27.8 Å². The number of thioether (sulfide) groups is 1. The first-order valence-electron chi connectivity index (χ1n) is 8.76. The van der Waals surface area contributed by atoms with Crippen LogP contribution in [0.25, 0.3) is 5.57 Å². The second-order valence-electron chi connectivity index (χ2n) is 6.46. The van der Waals surface area contributed by atoms with E-state index in [1.54, 1.807) is 43.5 Å². The minimum absolute atomic E-state index is 0.242. The third kappa shape index (κ3) is 3.73. The van der Waals surface area contributed by atoms with Crippen molar-refractivity contribution >= 4 is 46.4 Å². The highest BCUT2D eigenvalue weighted by Crippen LogP contribution is 2.41. The number of furan rings is 1. The predicted molar refractivity (Wildman–Crippen MR) is 112 cm³/mol. The Bertz CT molecular complexity index is 1120. The number of imide groups is 1. The van der Waals surface area contributed by atoms with Crippen LogP contribution in [0.5, 0.6) is 0 Å². The summed E-state index contributed by atoms with van der Waals surface area (Å²) in [6.45, 7) is 1.80. The lowest BCUT2D eigenvalue weighted by molar-refractivity contribution is -0.119. The summed E-state index contributed by atoms with van der Waals surface area (Å²) in [4.78, 5) is 28.0. The molecule has 0 saturated heterocycles. The van der Waals surface area contributed by atoms with Gasteiger partial charge in [-0.15, -0.1) is 11.8 Å². The number of carbonyl (C=O) groups is 2. The van der Waals surface area contributed by atoms with Gasteiger partial charge in [0.05, 0.1) is 28.2 Å². The van der Waals surface area contributed by atoms with Crippen molar-refractivity contribution in [2.75, 3.05) is 4.90 Å². The highest BCUT2D eigenvalue weighted by atomic mass is 35.5. The highest BCUT2D eigenvalue weighted by Gasteiger charge is 2.40. The predicted octanol–water partition coefficient (Wildman–Crippen LogP) is 5.60. The lowest BCUT2D eigenvalue weighted by atomic mass is 10.1. The van der Waals surface area contributed by atoms with Gasteiger partial charge in [0.1, 0.15) is 11.6 Å². The second-order valence-corrected chi connectivity index (χ2v) is 7.88. The van der Waals surface area contributed by atoms with Gasteiger partial charge < -0.3 is 4.42 Å². The zero-order chi connectivity index (χ0) is 20.5. The molecular formula is C22H15ClFNO3S. The fourth-order valence-corrected chi connectivity index (χ4v) is 4.28. The number of carbonyl (C=O) groups excluding carboxylic acids is 2. The number of aryl methyl sites for hydroxylation is 1. The number of halogens is 2. The van der Waals surface area contributed by atoms with E-state index in [0.717, 1.165) is 10.5 Å². The number of anilines is 1. The molecule has 0 saturated carbocycles. The maximum atomic E-state index is 13.4. The molecule has 2 amide bonds. The average Bonchev–Trinajstić information content (AvgIpc) is 3.30. The van der Waals surface area contributed by atoms with E-state index in [-0.39, 0.29) is 10.5 Å². The molecule has 4 rings (SSSR count). The van der Waals surface area contributed by atoms with Crippen LogP contribution in [-0.2, 0) is 15.3 Å². The zero-order valence-corrected chi connectivity index (χ0v) is 16.9. The molecule has 0 unspecified atom stereocenters. The molecule has 2 heterocycles. The Kier molecular flexibility index (Phi) is 5.30. The molecular weight excluding hydrogens is 413 g/mol. The van der Waals surface area contributed by atoms with Crippen molar-refractivity contribution in [2.45, 2.75) is 12.7 Å². The van der Waals surface area contributed by atoms with Crippen LogP contribution in [0.4, 0.5) is 10.1 Å². The van der Waals surface area contributed by atoms with Crippen LogP contribution in [0, 0.1) is 12.7 Å². The van der Waals surface area contributed by atoms with Gasteiger partial charge in [-0.2, -0.15) is 0 Å². The van der Waals surface area contributed by atoms with Gasteiger partial charge in [0, 0.05) is 5.02 Å². The van der Waals surface area contributed by atoms with Crippen molar-refractivity contribution < 1.29 is 18.4 Å². The van der Waals surface area contributed by atoms with Gasteiger partial charge in [0.2, 0.25) is 0 Å². The van der Waals surface area contributed by atoms with Crippen molar-refractivity contribution in [3.05, 3.63) is 93.5 Å². The maximum absolute atomic E-state index is 13.4. The van der Waals surface area contributed by atoms with Crippen molar-refractivity contribution in [1.82, 2.24) is 0 Å². The third-order valence-corrected chi connectivity index (χ3v) is 5.86. The van der Waals surface area contributed by atoms with Gasteiger partial charge in [-0.3, -0.25) is 9.59 Å². The number of amides is 2. The molecule has 2 aromatic carbocycles. The van der Waals surface area contributed by atoms with Gasteiger partial charge in [-0.1, -0.05) is 29.8 Å². The number of hydrogen-bond donors (Lipinski definition) is 0. The number of nitrogens with zero attached hydrogens (tertiary/aromatic N) is 1. The minimum atomic E-state index is -0.464. The molecule has 1 aromatic heterocycles. The Balaban J connectivity index is 1.78. The molecule has 0 fully saturated rings. The SMILES string of the molecule is Cc1ccc(Cl)cc1N1C(=O)C(SCc2ccco2)=C(c2ccc(F)cc2)C1=O. The quantitative estimate of drug-likeness (QED) is 0.497. The molecule has 3 aromatic rings. The molecule has 1 aliphatic rings. The summed E-state index contributed by atoms with van der Waals surface area (Å²) >= 11 is 7.32. The molecule has 0 radical (unpaired) electrons. The molecule has 0 aliphatic carbocycles. The Labute approximate surface area is 176 Å². The van der Waals surface area contributed by atoms with Crippen LogP contribution in [0.15, 0.2) is 70.2 Å². The molecule has 0 spiro atoms. The standard InChI is InChI=1S/C22H15ClFNO3S/c1-13-4-7-15(23)11-18(13)25-21(26)19(14-5-8-16(24)9-6-14)20(22(25)27)29-12-17-3-2-10-28-17/h2-11H,12H2,1H3. The summed E-state index contributed by atoms with van der Waals surface area (Å²) in [5.41, 5.74) is 1.90. The summed E-state index contributed by atoms with van der Waals surface area (Å²) in [6, 6.07) is 14.1. The Morgan fingerprint density at radius 1 is 1.07 bits per heavy atom. The van der Waals surface area contributed by atoms with E-state index < -0.39 is 17.6 Å². The third-order valence-electron chi connectivity index (χ3n) is 4.53. The average molecular weight is 428 g/mol. The molecule has 4 nitrogen and oxygen atoms in total. The van der Waals surface area contributed by atoms with Gasteiger partial charge in [0.15, 0.2) is 0 Å². The summed E-state index contributed by atoms with van der Waals surface area (Å²) in [5.74, 6) is -0.253. The van der Waals surface area contributed by atoms with Crippen LogP contribution in [0.1, 0.15) is 16.9 Å². The van der Waals surface area contributed by atoms with Gasteiger partial charge in [-0.05, 0) is 54.4 Å². The topological polar surface area (TPSA) is 50.5 Å². The van der Waals surface area contributed by atoms with Crippen molar-refractivity contribution in [1.29, 1.82) is 0 Å². The molecule has 29 heavy (non-hydrogen) atoms. The van der Waals surface area contributed by atoms with Crippen LogP contribution >= 0.6 is 23.4 Å². The first-order valence-corrected chi connectivity index (χ1v) is 10.1. The molecule has 0 bridgehead atoms. The Morgan fingerprint density at radius 2 is 1.83 bits per heavy atom. The zero-order valence-electron chi connectivity index (χ0n) is 15.3. The van der Waals surface area contributed by atoms with Crippen molar-refractivity contribution in [3.63, 3.8) is 0 Å². The van der Waals surface area contributed by atoms with E-state index in [1.165, 1.54) is 36.0 Å². The van der Waals surface area contributed by atoms with E-state index in [1.807, 2.05) is 0 Å². The molecule has 1 aliphatic heterocycles. The maximum Gasteiger partial charge on any atom is 0.272 e. The monoisotopic (exact) mass is 427 g/mol. The van der Waals surface area contributed by atoms with Crippen LogP contribution in [-0.4, -0.2) is 11.8 Å². The second kappa shape index (κ2) is 7.89. The van der Waals surface area contributed by atoms with Gasteiger partial charge >= 0.3 is 0 Å². The fourth-order valence-electron chi connectivity index (χ4n) is 3.09. The Hall–Kier alpha value is -2.83. The van der Waals surface area contributed by atoms with Crippen molar-refractivity contribution in [3.8, 4) is 0 Å². The summed E-state index contributed by atoms with van der Waals surface area (Å²) in [5, 5.41) is 0.422. The lowest BCUT2D eigenvalue weighted by Crippen LogP contribution is -2.32. The largest absolute Gasteiger partial charge is 0.468 e. The highest BCUT2D eigenvalue weighted by molar-refractivity contribution is 8.03. The van der Waals surface area contributed by atoms with Crippen LogP contribution in [0.3, 0.4) is 0 Å². The van der Waals surface area contributed by atoms with E-state index in [4.69, 9.17) is 16.0 Å². The van der Waals surface area contributed by atoms with Crippen LogP contribution in [0.2, 0.25) is 5.02 Å². The number of hydrogen-bond acceptors (Lipinski definition) is 4. The first-order chi connectivity index (χ1) is 14.0. The van der Waals surface area contributed by atoms with E-state index >= 15 is 0 Å². The fraction of sp³-hybridized carbons (Fsp3) is 0.0909. The molecule has 146 valence electrons.